The van der Waals surface area contributed by atoms with E-state index in [9.17, 15) is 4.79 Å². The number of methoxy groups -OCH3 is 1. The van der Waals surface area contributed by atoms with Crippen LogP contribution in [0.15, 0.2) is 12.1 Å². The lowest BCUT2D eigenvalue weighted by atomic mass is 9.97. The lowest BCUT2D eigenvalue weighted by molar-refractivity contribution is -0.139. The summed E-state index contributed by atoms with van der Waals surface area (Å²) in [7, 11) is 1.35. The summed E-state index contributed by atoms with van der Waals surface area (Å²) in [4.78, 5) is 11.2. The van der Waals surface area contributed by atoms with Crippen molar-refractivity contribution < 1.29 is 9.53 Å². The molecule has 1 aromatic carbocycles. The third-order valence-electron chi connectivity index (χ3n) is 2.51. The molecule has 4 heteroatoms. The highest BCUT2D eigenvalue weighted by molar-refractivity contribution is 6.17. The molecule has 0 aliphatic heterocycles. The lowest BCUT2D eigenvalue weighted by Crippen LogP contribution is -2.08. The van der Waals surface area contributed by atoms with E-state index in [4.69, 9.17) is 16.9 Å². The highest BCUT2D eigenvalue weighted by atomic mass is 35.5. The molecule has 1 aromatic rings. The largest absolute Gasteiger partial charge is 0.469 e. The fourth-order valence-corrected chi connectivity index (χ4v) is 1.89. The van der Waals surface area contributed by atoms with Gasteiger partial charge in [-0.05, 0) is 29.7 Å². The zero-order chi connectivity index (χ0) is 12.1. The van der Waals surface area contributed by atoms with E-state index in [0.29, 0.717) is 5.56 Å². The number of hydrogen-bond donors (Lipinski definition) is 0. The van der Waals surface area contributed by atoms with Gasteiger partial charge in [0, 0.05) is 5.88 Å². The van der Waals surface area contributed by atoms with Crippen LogP contribution in [0, 0.1) is 18.3 Å². The molecule has 1 rings (SSSR count). The molecule has 0 atom stereocenters. The topological polar surface area (TPSA) is 50.1 Å². The van der Waals surface area contributed by atoms with Gasteiger partial charge in [-0.1, -0.05) is 6.07 Å². The number of esters is 1. The molecule has 0 saturated carbocycles. The van der Waals surface area contributed by atoms with E-state index in [0.717, 1.165) is 16.7 Å². The van der Waals surface area contributed by atoms with Crippen LogP contribution in [0.2, 0.25) is 0 Å². The normalized spacial score (nSPS) is 9.62. The first kappa shape index (κ1) is 12.5. The summed E-state index contributed by atoms with van der Waals surface area (Å²) in [6.07, 6.45) is 0.186. The van der Waals surface area contributed by atoms with E-state index >= 15 is 0 Å². The van der Waals surface area contributed by atoms with Crippen LogP contribution in [-0.4, -0.2) is 13.1 Å². The Balaban J connectivity index is 3.17. The van der Waals surface area contributed by atoms with Crippen molar-refractivity contribution in [3.05, 3.63) is 34.4 Å². The van der Waals surface area contributed by atoms with E-state index in [1.54, 1.807) is 12.1 Å². The second-order valence-electron chi connectivity index (χ2n) is 3.37. The number of carbonyl (C=O) groups excluding carboxylic acids is 1. The van der Waals surface area contributed by atoms with Crippen molar-refractivity contribution in [1.82, 2.24) is 0 Å². The zero-order valence-corrected chi connectivity index (χ0v) is 9.97. The maximum Gasteiger partial charge on any atom is 0.309 e. The quantitative estimate of drug-likeness (QED) is 0.599. The maximum absolute atomic E-state index is 11.2. The van der Waals surface area contributed by atoms with Crippen LogP contribution in [0.25, 0.3) is 0 Å². The van der Waals surface area contributed by atoms with Gasteiger partial charge in [0.1, 0.15) is 0 Å². The molecule has 0 amide bonds. The van der Waals surface area contributed by atoms with Gasteiger partial charge in [-0.3, -0.25) is 4.79 Å². The summed E-state index contributed by atoms with van der Waals surface area (Å²) in [6.45, 7) is 1.83. The van der Waals surface area contributed by atoms with Crippen molar-refractivity contribution in [2.75, 3.05) is 7.11 Å². The van der Waals surface area contributed by atoms with Crippen LogP contribution in [0.4, 0.5) is 0 Å². The Bertz CT molecular complexity index is 449. The van der Waals surface area contributed by atoms with Gasteiger partial charge < -0.3 is 4.74 Å². The fourth-order valence-electron chi connectivity index (χ4n) is 1.51. The first-order valence-electron chi connectivity index (χ1n) is 4.78. The number of nitrogens with zero attached hydrogens (tertiary/aromatic N) is 1. The molecule has 0 fully saturated rings. The summed E-state index contributed by atoms with van der Waals surface area (Å²) in [6, 6.07) is 5.54. The molecular weight excluding hydrogens is 226 g/mol. The van der Waals surface area contributed by atoms with Gasteiger partial charge in [-0.25, -0.2) is 0 Å². The number of carbonyl (C=O) groups is 1. The highest BCUT2D eigenvalue weighted by Gasteiger charge is 2.12. The molecule has 84 valence electrons. The molecule has 0 heterocycles. The van der Waals surface area contributed by atoms with Gasteiger partial charge in [0.05, 0.1) is 25.2 Å². The Hall–Kier alpha value is -1.53. The van der Waals surface area contributed by atoms with Crippen molar-refractivity contribution in [2.24, 2.45) is 0 Å². The first-order chi connectivity index (χ1) is 7.63. The number of alkyl halides is 1. The minimum absolute atomic E-state index is 0.186. The minimum atomic E-state index is -0.310. The van der Waals surface area contributed by atoms with Crippen LogP contribution >= 0.6 is 11.6 Å². The minimum Gasteiger partial charge on any atom is -0.469 e. The average Bonchev–Trinajstić information content (AvgIpc) is 2.29. The molecule has 0 saturated heterocycles. The summed E-state index contributed by atoms with van der Waals surface area (Å²) in [5.41, 5.74) is 3.08. The van der Waals surface area contributed by atoms with Gasteiger partial charge in [0.15, 0.2) is 0 Å². The first-order valence-corrected chi connectivity index (χ1v) is 5.31. The Morgan fingerprint density at radius 2 is 2.25 bits per heavy atom. The second kappa shape index (κ2) is 5.53. The molecule has 0 bridgehead atoms. The molecule has 0 spiro atoms. The lowest BCUT2D eigenvalue weighted by Gasteiger charge is -2.10. The van der Waals surface area contributed by atoms with Gasteiger partial charge in [-0.2, -0.15) is 5.26 Å². The molecule has 3 nitrogen and oxygen atoms in total. The molecule has 16 heavy (non-hydrogen) atoms. The zero-order valence-electron chi connectivity index (χ0n) is 9.21. The highest BCUT2D eigenvalue weighted by Crippen LogP contribution is 2.21. The number of ether oxygens (including phenoxy) is 1. The fraction of sp³-hybridized carbons (Fsp3) is 0.333. The molecule has 0 N–H and O–H groups in total. The summed E-state index contributed by atoms with van der Waals surface area (Å²) >= 11 is 5.83. The Morgan fingerprint density at radius 1 is 1.56 bits per heavy atom. The third-order valence-corrected chi connectivity index (χ3v) is 2.78. The van der Waals surface area contributed by atoms with E-state index in [-0.39, 0.29) is 18.3 Å². The summed E-state index contributed by atoms with van der Waals surface area (Å²) in [5.74, 6) is -0.0243. The van der Waals surface area contributed by atoms with E-state index < -0.39 is 0 Å². The van der Waals surface area contributed by atoms with E-state index in [1.165, 1.54) is 7.11 Å². The van der Waals surface area contributed by atoms with Gasteiger partial charge in [0.2, 0.25) is 0 Å². The van der Waals surface area contributed by atoms with Crippen molar-refractivity contribution in [3.8, 4) is 6.07 Å². The van der Waals surface area contributed by atoms with Crippen molar-refractivity contribution in [1.29, 1.82) is 5.26 Å². The Morgan fingerprint density at radius 3 is 2.75 bits per heavy atom. The molecule has 0 aliphatic carbocycles. The predicted molar refractivity (Wildman–Crippen MR) is 61.2 cm³/mol. The van der Waals surface area contributed by atoms with Gasteiger partial charge in [0.25, 0.3) is 0 Å². The number of rotatable bonds is 3. The number of nitriles is 1. The maximum atomic E-state index is 11.2. The summed E-state index contributed by atoms with van der Waals surface area (Å²) < 4.78 is 4.60. The SMILES string of the molecule is COC(=O)Cc1ccc(C#N)c(C)c1CCl. The summed E-state index contributed by atoms with van der Waals surface area (Å²) in [5, 5.41) is 8.87. The third kappa shape index (κ3) is 2.53. The molecular formula is C12H12ClNO2. The van der Waals surface area contributed by atoms with Crippen molar-refractivity contribution in [3.63, 3.8) is 0 Å². The van der Waals surface area contributed by atoms with Crippen LogP contribution in [0.5, 0.6) is 0 Å². The number of halogens is 1. The molecule has 0 radical (unpaired) electrons. The monoisotopic (exact) mass is 237 g/mol. The number of hydrogen-bond acceptors (Lipinski definition) is 3. The molecule has 0 aliphatic rings. The Labute approximate surface area is 99.6 Å². The van der Waals surface area contributed by atoms with Crippen LogP contribution in [0.3, 0.4) is 0 Å². The number of benzene rings is 1. The Kier molecular flexibility index (Phi) is 4.33. The predicted octanol–water partition coefficient (Wildman–Crippen LogP) is 2.32. The van der Waals surface area contributed by atoms with Crippen molar-refractivity contribution in [2.45, 2.75) is 19.2 Å². The van der Waals surface area contributed by atoms with E-state index in [2.05, 4.69) is 10.8 Å². The van der Waals surface area contributed by atoms with Gasteiger partial charge in [-0.15, -0.1) is 11.6 Å². The van der Waals surface area contributed by atoms with Gasteiger partial charge >= 0.3 is 5.97 Å². The smallest absolute Gasteiger partial charge is 0.309 e. The molecule has 0 aromatic heterocycles. The average molecular weight is 238 g/mol. The molecule has 0 unspecified atom stereocenters. The van der Waals surface area contributed by atoms with Crippen molar-refractivity contribution >= 4 is 17.6 Å². The van der Waals surface area contributed by atoms with Crippen LogP contribution in [-0.2, 0) is 21.8 Å². The standard InChI is InChI=1S/C12H12ClNO2/c1-8-10(7-14)4-3-9(11(8)6-13)5-12(15)16-2/h3-4H,5-6H2,1-2H3. The second-order valence-corrected chi connectivity index (χ2v) is 3.64. The van der Waals surface area contributed by atoms with Crippen LogP contribution in [0.1, 0.15) is 22.3 Å². The van der Waals surface area contributed by atoms with E-state index in [1.807, 2.05) is 6.92 Å². The van der Waals surface area contributed by atoms with Crippen LogP contribution < -0.4 is 0 Å².